The second-order valence-electron chi connectivity index (χ2n) is 5.28. The van der Waals surface area contributed by atoms with E-state index in [-0.39, 0.29) is 0 Å². The Hall–Kier alpha value is -3.22. The Kier molecular flexibility index (Phi) is 6.43. The number of Topliss-reactive ketones (excluding diaryl/α,β-unsaturated/α-hetero) is 1. The predicted molar refractivity (Wildman–Crippen MR) is 95.2 cm³/mol. The van der Waals surface area contributed by atoms with E-state index in [1.807, 2.05) is 0 Å². The van der Waals surface area contributed by atoms with Gasteiger partial charge in [0.25, 0.3) is 0 Å². The molecule has 0 aliphatic carbocycles. The molecule has 0 fully saturated rings. The van der Waals surface area contributed by atoms with Crippen molar-refractivity contribution in [1.82, 2.24) is 5.32 Å². The number of hydrogen-bond donors (Lipinski definition) is 1. The van der Waals surface area contributed by atoms with Gasteiger partial charge in [0.1, 0.15) is 17.2 Å². The fourth-order valence-corrected chi connectivity index (χ4v) is 2.35. The van der Waals surface area contributed by atoms with E-state index in [1.54, 1.807) is 42.5 Å². The molecular formula is C19H21NO6. The number of carbonyl (C=O) groups excluding carboxylic acids is 2. The minimum Gasteiger partial charge on any atom is -0.497 e. The van der Waals surface area contributed by atoms with Gasteiger partial charge in [-0.2, -0.15) is 0 Å². The lowest BCUT2D eigenvalue weighted by Gasteiger charge is -2.19. The quantitative estimate of drug-likeness (QED) is 0.765. The maximum atomic E-state index is 13.0. The van der Waals surface area contributed by atoms with Crippen molar-refractivity contribution in [3.8, 4) is 17.2 Å². The molecule has 0 spiro atoms. The Balaban J connectivity index is 2.49. The van der Waals surface area contributed by atoms with Gasteiger partial charge in [0.05, 0.1) is 21.3 Å². The van der Waals surface area contributed by atoms with E-state index in [0.717, 1.165) is 0 Å². The molecule has 0 saturated carbocycles. The molecule has 0 aliphatic rings. The van der Waals surface area contributed by atoms with Crippen molar-refractivity contribution in [3.63, 3.8) is 0 Å². The summed E-state index contributed by atoms with van der Waals surface area (Å²) in [7, 11) is 5.92. The van der Waals surface area contributed by atoms with Gasteiger partial charge >= 0.3 is 6.09 Å². The van der Waals surface area contributed by atoms with Crippen molar-refractivity contribution in [1.29, 1.82) is 0 Å². The van der Waals surface area contributed by atoms with Gasteiger partial charge in [-0.05, 0) is 24.3 Å². The van der Waals surface area contributed by atoms with Crippen molar-refractivity contribution >= 4 is 11.9 Å². The zero-order valence-corrected chi connectivity index (χ0v) is 15.1. The zero-order chi connectivity index (χ0) is 19.1. The Labute approximate surface area is 151 Å². The first kappa shape index (κ1) is 19.1. The third-order valence-corrected chi connectivity index (χ3v) is 3.70. The monoisotopic (exact) mass is 359 g/mol. The molecule has 1 amide bonds. The van der Waals surface area contributed by atoms with Crippen LogP contribution in [0.15, 0.2) is 42.5 Å². The van der Waals surface area contributed by atoms with E-state index in [9.17, 15) is 9.59 Å². The van der Waals surface area contributed by atoms with Crippen molar-refractivity contribution in [2.24, 2.45) is 0 Å². The Bertz CT molecular complexity index is 767. The van der Waals surface area contributed by atoms with Crippen LogP contribution in [-0.2, 0) is 4.74 Å². The topological polar surface area (TPSA) is 83.1 Å². The maximum absolute atomic E-state index is 13.0. The molecule has 0 aliphatic heterocycles. The molecule has 138 valence electrons. The lowest BCUT2D eigenvalue weighted by Crippen LogP contribution is -2.26. The number of benzene rings is 2. The van der Waals surface area contributed by atoms with E-state index in [1.165, 1.54) is 28.4 Å². The zero-order valence-electron chi connectivity index (χ0n) is 15.1. The third-order valence-electron chi connectivity index (χ3n) is 3.70. The SMILES string of the molecule is CNC(=O)OC(C(=O)c1cccc(OC)c1)c1cc(OC)cc(OC)c1. The fraction of sp³-hybridized carbons (Fsp3) is 0.263. The fourth-order valence-electron chi connectivity index (χ4n) is 2.35. The summed E-state index contributed by atoms with van der Waals surface area (Å²) in [5.41, 5.74) is 0.776. The highest BCUT2D eigenvalue weighted by Gasteiger charge is 2.27. The van der Waals surface area contributed by atoms with Gasteiger partial charge in [-0.25, -0.2) is 4.79 Å². The van der Waals surface area contributed by atoms with Gasteiger partial charge < -0.3 is 24.3 Å². The number of amides is 1. The predicted octanol–water partition coefficient (Wildman–Crippen LogP) is 2.99. The Morgan fingerprint density at radius 2 is 1.50 bits per heavy atom. The van der Waals surface area contributed by atoms with Gasteiger partial charge in [0.15, 0.2) is 6.10 Å². The lowest BCUT2D eigenvalue weighted by atomic mass is 9.99. The molecule has 26 heavy (non-hydrogen) atoms. The van der Waals surface area contributed by atoms with Crippen LogP contribution < -0.4 is 19.5 Å². The van der Waals surface area contributed by atoms with Crippen LogP contribution in [0, 0.1) is 0 Å². The molecule has 1 N–H and O–H groups in total. The van der Waals surface area contributed by atoms with Gasteiger partial charge in [-0.15, -0.1) is 0 Å². The van der Waals surface area contributed by atoms with Crippen LogP contribution in [0.2, 0.25) is 0 Å². The van der Waals surface area contributed by atoms with Gasteiger partial charge in [0.2, 0.25) is 5.78 Å². The molecule has 7 heteroatoms. The molecule has 1 atom stereocenters. The number of nitrogens with one attached hydrogen (secondary N) is 1. The average molecular weight is 359 g/mol. The number of alkyl carbamates (subject to hydrolysis) is 1. The van der Waals surface area contributed by atoms with E-state index in [2.05, 4.69) is 5.32 Å². The number of ketones is 1. The summed E-state index contributed by atoms with van der Waals surface area (Å²) in [5.74, 6) is 1.08. The molecule has 0 aromatic heterocycles. The first-order chi connectivity index (χ1) is 12.5. The number of ether oxygens (including phenoxy) is 4. The van der Waals surface area contributed by atoms with Crippen LogP contribution in [0.3, 0.4) is 0 Å². The van der Waals surface area contributed by atoms with Crippen molar-refractivity contribution < 1.29 is 28.5 Å². The maximum Gasteiger partial charge on any atom is 0.407 e. The molecule has 1 unspecified atom stereocenters. The largest absolute Gasteiger partial charge is 0.497 e. The molecule has 0 heterocycles. The smallest absolute Gasteiger partial charge is 0.407 e. The van der Waals surface area contributed by atoms with Crippen LogP contribution >= 0.6 is 0 Å². The van der Waals surface area contributed by atoms with Crippen LogP contribution in [0.4, 0.5) is 4.79 Å². The van der Waals surface area contributed by atoms with Gasteiger partial charge in [-0.3, -0.25) is 4.79 Å². The summed E-state index contributed by atoms with van der Waals surface area (Å²) in [5, 5.41) is 2.35. The van der Waals surface area contributed by atoms with E-state index >= 15 is 0 Å². The van der Waals surface area contributed by atoms with Crippen LogP contribution in [-0.4, -0.2) is 40.3 Å². The van der Waals surface area contributed by atoms with E-state index < -0.39 is 18.0 Å². The normalized spacial score (nSPS) is 11.2. The average Bonchev–Trinajstić information content (AvgIpc) is 2.70. The first-order valence-electron chi connectivity index (χ1n) is 7.82. The Morgan fingerprint density at radius 1 is 0.885 bits per heavy atom. The highest BCUT2D eigenvalue weighted by molar-refractivity contribution is 6.01. The number of hydrogen-bond acceptors (Lipinski definition) is 6. The molecule has 2 aromatic carbocycles. The van der Waals surface area contributed by atoms with E-state index in [4.69, 9.17) is 18.9 Å². The summed E-state index contributed by atoms with van der Waals surface area (Å²) >= 11 is 0. The number of methoxy groups -OCH3 is 3. The molecule has 0 radical (unpaired) electrons. The van der Waals surface area contributed by atoms with Crippen molar-refractivity contribution in [2.75, 3.05) is 28.4 Å². The summed E-state index contributed by atoms with van der Waals surface area (Å²) in [6.07, 6.45) is -1.90. The first-order valence-corrected chi connectivity index (χ1v) is 7.82. The molecule has 0 bridgehead atoms. The standard InChI is InChI=1S/C19H21NO6/c1-20-19(22)26-18(13-9-15(24-3)11-16(10-13)25-4)17(21)12-6-5-7-14(8-12)23-2/h5-11,18H,1-4H3,(H,20,22). The second-order valence-corrected chi connectivity index (χ2v) is 5.28. The van der Waals surface area contributed by atoms with Crippen molar-refractivity contribution in [2.45, 2.75) is 6.10 Å². The third kappa shape index (κ3) is 4.44. The highest BCUT2D eigenvalue weighted by Crippen LogP contribution is 2.31. The second kappa shape index (κ2) is 8.75. The molecular weight excluding hydrogens is 338 g/mol. The summed E-state index contributed by atoms with van der Waals surface area (Å²) < 4.78 is 20.9. The Morgan fingerprint density at radius 3 is 2.04 bits per heavy atom. The lowest BCUT2D eigenvalue weighted by molar-refractivity contribution is 0.0632. The summed E-state index contributed by atoms with van der Waals surface area (Å²) in [4.78, 5) is 24.8. The van der Waals surface area contributed by atoms with Crippen LogP contribution in [0.5, 0.6) is 17.2 Å². The number of rotatable bonds is 7. The summed E-state index contributed by atoms with van der Waals surface area (Å²) in [6.45, 7) is 0. The minimum absolute atomic E-state index is 0.347. The minimum atomic E-state index is -1.17. The van der Waals surface area contributed by atoms with Gasteiger partial charge in [0, 0.05) is 24.2 Å². The van der Waals surface area contributed by atoms with Crippen LogP contribution in [0.1, 0.15) is 22.0 Å². The molecule has 2 rings (SSSR count). The number of carbonyl (C=O) groups is 2. The van der Waals surface area contributed by atoms with Crippen LogP contribution in [0.25, 0.3) is 0 Å². The van der Waals surface area contributed by atoms with E-state index in [0.29, 0.717) is 28.4 Å². The van der Waals surface area contributed by atoms with Gasteiger partial charge in [-0.1, -0.05) is 12.1 Å². The van der Waals surface area contributed by atoms with Crippen molar-refractivity contribution in [3.05, 3.63) is 53.6 Å². The molecule has 0 saturated heterocycles. The molecule has 2 aromatic rings. The highest BCUT2D eigenvalue weighted by atomic mass is 16.6. The summed E-state index contributed by atoms with van der Waals surface area (Å²) in [6, 6.07) is 11.5. The molecule has 7 nitrogen and oxygen atoms in total.